The van der Waals surface area contributed by atoms with Crippen LogP contribution in [0.1, 0.15) is 37.5 Å². The lowest BCUT2D eigenvalue weighted by atomic mass is 10.1. The smallest absolute Gasteiger partial charge is 0.315 e. The van der Waals surface area contributed by atoms with E-state index in [1.54, 1.807) is 0 Å². The Hall–Kier alpha value is -3.47. The van der Waals surface area contributed by atoms with Crippen molar-refractivity contribution in [2.45, 2.75) is 45.9 Å². The fourth-order valence-electron chi connectivity index (χ4n) is 3.12. The molecule has 0 heterocycles. The lowest BCUT2D eigenvalue weighted by molar-refractivity contribution is 0.232. The molecule has 0 bridgehead atoms. The molecule has 0 aliphatic heterocycles. The third-order valence-corrected chi connectivity index (χ3v) is 4.67. The molecule has 0 aliphatic carbocycles. The van der Waals surface area contributed by atoms with Gasteiger partial charge in [-0.15, -0.1) is 0 Å². The lowest BCUT2D eigenvalue weighted by Gasteiger charge is -2.20. The average Bonchev–Trinajstić information content (AvgIpc) is 2.77. The lowest BCUT2D eigenvalue weighted by Crippen LogP contribution is -2.46. The first-order valence-electron chi connectivity index (χ1n) is 10.9. The average molecular weight is 433 g/mol. The number of benzene rings is 3. The van der Waals surface area contributed by atoms with Crippen LogP contribution in [-0.2, 0) is 19.6 Å². The number of carbonyl (C=O) groups excluding carboxylic acids is 1. The van der Waals surface area contributed by atoms with Gasteiger partial charge in [-0.1, -0.05) is 66.7 Å². The van der Waals surface area contributed by atoms with Gasteiger partial charge in [-0.25, -0.2) is 4.79 Å². The Bertz CT molecular complexity index is 983. The van der Waals surface area contributed by atoms with E-state index in [4.69, 9.17) is 9.47 Å². The molecule has 0 fully saturated rings. The molecule has 0 unspecified atom stereocenters. The summed E-state index contributed by atoms with van der Waals surface area (Å²) in [5.41, 5.74) is 2.99. The summed E-state index contributed by atoms with van der Waals surface area (Å²) in [6.45, 7) is 7.32. The standard InChI is InChI=1S/C27H32N2O3/c1-27(2,3)29-26(30)28-17-16-21-14-15-24(31-19-22-10-6-4-7-11-22)25(18-21)32-20-23-12-8-5-9-13-23/h4-15,18H,16-17,19-20H2,1-3H3,(H2,28,29,30). The molecule has 0 saturated carbocycles. The molecule has 0 spiro atoms. The van der Waals surface area contributed by atoms with E-state index in [0.29, 0.717) is 37.7 Å². The highest BCUT2D eigenvalue weighted by molar-refractivity contribution is 5.74. The second-order valence-corrected chi connectivity index (χ2v) is 8.71. The van der Waals surface area contributed by atoms with Crippen LogP contribution in [0, 0.1) is 0 Å². The summed E-state index contributed by atoms with van der Waals surface area (Å²) < 4.78 is 12.2. The van der Waals surface area contributed by atoms with Crippen molar-refractivity contribution in [3.63, 3.8) is 0 Å². The van der Waals surface area contributed by atoms with Crippen molar-refractivity contribution in [1.82, 2.24) is 10.6 Å². The van der Waals surface area contributed by atoms with Crippen molar-refractivity contribution >= 4 is 6.03 Å². The van der Waals surface area contributed by atoms with Crippen molar-refractivity contribution in [2.24, 2.45) is 0 Å². The van der Waals surface area contributed by atoms with Gasteiger partial charge in [0.2, 0.25) is 0 Å². The molecule has 3 rings (SSSR count). The fourth-order valence-corrected chi connectivity index (χ4v) is 3.12. The van der Waals surface area contributed by atoms with Crippen molar-refractivity contribution in [1.29, 1.82) is 0 Å². The zero-order chi connectivity index (χ0) is 22.8. The first kappa shape index (κ1) is 23.2. The van der Waals surface area contributed by atoms with E-state index < -0.39 is 0 Å². The number of carbonyl (C=O) groups is 1. The van der Waals surface area contributed by atoms with Gasteiger partial charge in [-0.3, -0.25) is 0 Å². The normalized spacial score (nSPS) is 11.0. The van der Waals surface area contributed by atoms with Crippen LogP contribution in [0.3, 0.4) is 0 Å². The molecule has 3 aromatic carbocycles. The third kappa shape index (κ3) is 7.99. The van der Waals surface area contributed by atoms with E-state index in [2.05, 4.69) is 10.6 Å². The minimum absolute atomic E-state index is 0.166. The summed E-state index contributed by atoms with van der Waals surface area (Å²) in [4.78, 5) is 12.0. The van der Waals surface area contributed by atoms with Gasteiger partial charge in [-0.2, -0.15) is 0 Å². The summed E-state index contributed by atoms with van der Waals surface area (Å²) in [5.74, 6) is 1.40. The molecule has 168 valence electrons. The summed E-state index contributed by atoms with van der Waals surface area (Å²) in [6.07, 6.45) is 0.693. The molecule has 5 heteroatoms. The third-order valence-electron chi connectivity index (χ3n) is 4.67. The van der Waals surface area contributed by atoms with Crippen LogP contribution < -0.4 is 20.1 Å². The van der Waals surface area contributed by atoms with E-state index in [9.17, 15) is 4.79 Å². The highest BCUT2D eigenvalue weighted by Gasteiger charge is 2.13. The first-order chi connectivity index (χ1) is 15.4. The molecule has 2 amide bonds. The number of rotatable bonds is 9. The minimum atomic E-state index is -0.264. The van der Waals surface area contributed by atoms with Crippen LogP contribution >= 0.6 is 0 Å². The van der Waals surface area contributed by atoms with Crippen molar-refractivity contribution < 1.29 is 14.3 Å². The summed E-state index contributed by atoms with van der Waals surface area (Å²) in [5, 5.41) is 5.81. The van der Waals surface area contributed by atoms with Gasteiger partial charge in [-0.05, 0) is 56.0 Å². The van der Waals surface area contributed by atoms with Gasteiger partial charge in [0.25, 0.3) is 0 Å². The van der Waals surface area contributed by atoms with E-state index in [1.807, 2.05) is 99.6 Å². The number of urea groups is 1. The van der Waals surface area contributed by atoms with Gasteiger partial charge < -0.3 is 20.1 Å². The van der Waals surface area contributed by atoms with Crippen LogP contribution in [0.15, 0.2) is 78.9 Å². The Morgan fingerprint density at radius 1 is 0.750 bits per heavy atom. The molecule has 0 atom stereocenters. The SMILES string of the molecule is CC(C)(C)NC(=O)NCCc1ccc(OCc2ccccc2)c(OCc2ccccc2)c1. The zero-order valence-corrected chi connectivity index (χ0v) is 19.1. The molecule has 0 aromatic heterocycles. The molecule has 0 saturated heterocycles. The topological polar surface area (TPSA) is 59.6 Å². The van der Waals surface area contributed by atoms with Gasteiger partial charge in [0.15, 0.2) is 11.5 Å². The van der Waals surface area contributed by atoms with Crippen LogP contribution in [0.4, 0.5) is 4.79 Å². The maximum absolute atomic E-state index is 12.0. The first-order valence-corrected chi connectivity index (χ1v) is 10.9. The van der Waals surface area contributed by atoms with Gasteiger partial charge >= 0.3 is 6.03 Å². The Kier molecular flexibility index (Phi) is 8.14. The van der Waals surface area contributed by atoms with Crippen molar-refractivity contribution in [3.05, 3.63) is 95.6 Å². The predicted octanol–water partition coefficient (Wildman–Crippen LogP) is 5.48. The van der Waals surface area contributed by atoms with Crippen LogP contribution in [0.25, 0.3) is 0 Å². The Morgan fingerprint density at radius 2 is 1.31 bits per heavy atom. The zero-order valence-electron chi connectivity index (χ0n) is 19.1. The predicted molar refractivity (Wildman–Crippen MR) is 128 cm³/mol. The minimum Gasteiger partial charge on any atom is -0.485 e. The van der Waals surface area contributed by atoms with E-state index in [0.717, 1.165) is 16.7 Å². The maximum Gasteiger partial charge on any atom is 0.315 e. The van der Waals surface area contributed by atoms with E-state index >= 15 is 0 Å². The molecule has 3 aromatic rings. The Balaban J connectivity index is 1.65. The van der Waals surface area contributed by atoms with Crippen LogP contribution in [0.5, 0.6) is 11.5 Å². The van der Waals surface area contributed by atoms with Crippen molar-refractivity contribution in [2.75, 3.05) is 6.54 Å². The van der Waals surface area contributed by atoms with E-state index in [1.165, 1.54) is 0 Å². The molecule has 5 nitrogen and oxygen atoms in total. The number of nitrogens with one attached hydrogen (secondary N) is 2. The van der Waals surface area contributed by atoms with Gasteiger partial charge in [0.05, 0.1) is 0 Å². The van der Waals surface area contributed by atoms with Crippen LogP contribution in [-0.4, -0.2) is 18.1 Å². The number of ether oxygens (including phenoxy) is 2. The van der Waals surface area contributed by atoms with Crippen molar-refractivity contribution in [3.8, 4) is 11.5 Å². The second-order valence-electron chi connectivity index (χ2n) is 8.71. The summed E-state index contributed by atoms with van der Waals surface area (Å²) in [6, 6.07) is 25.9. The monoisotopic (exact) mass is 432 g/mol. The molecule has 32 heavy (non-hydrogen) atoms. The second kappa shape index (κ2) is 11.2. The molecule has 0 aliphatic rings. The Morgan fingerprint density at radius 3 is 1.88 bits per heavy atom. The maximum atomic E-state index is 12.0. The summed E-state index contributed by atoms with van der Waals surface area (Å²) in [7, 11) is 0. The fraction of sp³-hybridized carbons (Fsp3) is 0.296. The molecule has 0 radical (unpaired) electrons. The van der Waals surface area contributed by atoms with Crippen LogP contribution in [0.2, 0.25) is 0 Å². The molecular formula is C27H32N2O3. The highest BCUT2D eigenvalue weighted by atomic mass is 16.5. The summed E-state index contributed by atoms with van der Waals surface area (Å²) >= 11 is 0. The van der Waals surface area contributed by atoms with Gasteiger partial charge in [0.1, 0.15) is 13.2 Å². The molecular weight excluding hydrogens is 400 g/mol. The number of hydrogen-bond donors (Lipinski definition) is 2. The van der Waals surface area contributed by atoms with Gasteiger partial charge in [0, 0.05) is 12.1 Å². The quantitative estimate of drug-likeness (QED) is 0.470. The Labute approximate surface area is 190 Å². The largest absolute Gasteiger partial charge is 0.485 e. The number of amides is 2. The van der Waals surface area contributed by atoms with E-state index in [-0.39, 0.29) is 11.6 Å². The highest BCUT2D eigenvalue weighted by Crippen LogP contribution is 2.30. The number of hydrogen-bond acceptors (Lipinski definition) is 3. The molecule has 2 N–H and O–H groups in total.